The highest BCUT2D eigenvalue weighted by atomic mass is 32.2. The van der Waals surface area contributed by atoms with Crippen molar-refractivity contribution in [2.24, 2.45) is 0 Å². The molecule has 15 heavy (non-hydrogen) atoms. The van der Waals surface area contributed by atoms with Crippen molar-refractivity contribution in [1.82, 2.24) is 4.72 Å². The molecule has 0 bridgehead atoms. The van der Waals surface area contributed by atoms with Crippen LogP contribution < -0.4 is 4.72 Å². The van der Waals surface area contributed by atoms with Crippen molar-refractivity contribution in [3.05, 3.63) is 29.3 Å². The molecule has 0 aliphatic carbocycles. The average Bonchev–Trinajstić information content (AvgIpc) is 2.26. The molecule has 0 saturated carbocycles. The Morgan fingerprint density at radius 3 is 3.13 bits per heavy atom. The van der Waals surface area contributed by atoms with Gasteiger partial charge in [0.2, 0.25) is 0 Å². The fourth-order valence-corrected chi connectivity index (χ4v) is 3.21. The van der Waals surface area contributed by atoms with Crippen molar-refractivity contribution in [1.29, 1.82) is 0 Å². The largest absolute Gasteiger partial charge is 0.266 e. The lowest BCUT2D eigenvalue weighted by molar-refractivity contribution is 0.788. The van der Waals surface area contributed by atoms with Crippen LogP contribution in [-0.2, 0) is 12.8 Å². The standard InChI is InChI=1S/C13H19NS/c1-3-4-5-11-6-7-13-12(10-11)8-9-14-15(13)2/h6-7,10,14H,2-5,8-9H2,1H3. The van der Waals surface area contributed by atoms with Crippen LogP contribution >= 0.6 is 10.7 Å². The third kappa shape index (κ3) is 2.50. The Balaban J connectivity index is 2.21. The first-order valence-electron chi connectivity index (χ1n) is 5.70. The number of hydrogen-bond donors (Lipinski definition) is 1. The van der Waals surface area contributed by atoms with Crippen LogP contribution in [0.25, 0.3) is 0 Å². The normalized spacial score (nSPS) is 19.9. The predicted molar refractivity (Wildman–Crippen MR) is 69.7 cm³/mol. The summed E-state index contributed by atoms with van der Waals surface area (Å²) in [5, 5.41) is 0. The second-order valence-corrected chi connectivity index (χ2v) is 5.59. The van der Waals surface area contributed by atoms with Gasteiger partial charge in [-0.3, -0.25) is 4.72 Å². The van der Waals surface area contributed by atoms with E-state index in [0.29, 0.717) is 0 Å². The van der Waals surface area contributed by atoms with E-state index in [4.69, 9.17) is 0 Å². The second kappa shape index (κ2) is 4.95. The molecule has 1 aliphatic rings. The predicted octanol–water partition coefficient (Wildman–Crippen LogP) is 3.15. The molecule has 0 saturated heterocycles. The Labute approximate surface area is 95.0 Å². The van der Waals surface area contributed by atoms with E-state index < -0.39 is 0 Å². The first kappa shape index (κ1) is 10.9. The van der Waals surface area contributed by atoms with E-state index in [9.17, 15) is 0 Å². The van der Waals surface area contributed by atoms with Crippen molar-refractivity contribution < 1.29 is 0 Å². The van der Waals surface area contributed by atoms with E-state index in [2.05, 4.69) is 35.7 Å². The van der Waals surface area contributed by atoms with Gasteiger partial charge in [-0.2, -0.15) is 0 Å². The van der Waals surface area contributed by atoms with Gasteiger partial charge < -0.3 is 0 Å². The van der Waals surface area contributed by atoms with Gasteiger partial charge in [0.15, 0.2) is 0 Å². The van der Waals surface area contributed by atoms with E-state index in [1.165, 1.54) is 35.3 Å². The van der Waals surface area contributed by atoms with Crippen LogP contribution in [0.5, 0.6) is 0 Å². The summed E-state index contributed by atoms with van der Waals surface area (Å²) in [6.45, 7) is 3.33. The molecule has 0 spiro atoms. The molecule has 1 unspecified atom stereocenters. The van der Waals surface area contributed by atoms with Gasteiger partial charge in [-0.05, 0) is 36.5 Å². The molecule has 1 atom stereocenters. The summed E-state index contributed by atoms with van der Waals surface area (Å²) in [6, 6.07) is 6.92. The van der Waals surface area contributed by atoms with E-state index in [-0.39, 0.29) is 10.7 Å². The van der Waals surface area contributed by atoms with Crippen LogP contribution in [0.3, 0.4) is 0 Å². The fraction of sp³-hybridized carbons (Fsp3) is 0.462. The van der Waals surface area contributed by atoms with Crippen LogP contribution in [-0.4, -0.2) is 12.4 Å². The van der Waals surface area contributed by atoms with Gasteiger partial charge in [0, 0.05) is 11.4 Å². The van der Waals surface area contributed by atoms with Crippen LogP contribution in [0.4, 0.5) is 0 Å². The van der Waals surface area contributed by atoms with E-state index >= 15 is 0 Å². The molecule has 2 rings (SSSR count). The lowest BCUT2D eigenvalue weighted by Crippen LogP contribution is -2.17. The maximum atomic E-state index is 4.15. The minimum Gasteiger partial charge on any atom is -0.266 e. The van der Waals surface area contributed by atoms with Crippen molar-refractivity contribution in [3.63, 3.8) is 0 Å². The third-order valence-electron chi connectivity index (χ3n) is 2.88. The van der Waals surface area contributed by atoms with Gasteiger partial charge in [-0.15, -0.1) is 0 Å². The number of nitrogens with one attached hydrogen (secondary N) is 1. The van der Waals surface area contributed by atoms with Crippen molar-refractivity contribution in [3.8, 4) is 0 Å². The number of aryl methyl sites for hydroxylation is 1. The summed E-state index contributed by atoms with van der Waals surface area (Å²) in [5.74, 6) is 4.15. The number of rotatable bonds is 3. The monoisotopic (exact) mass is 221 g/mol. The minimum absolute atomic E-state index is 0.0209. The molecule has 82 valence electrons. The number of benzene rings is 1. The maximum Gasteiger partial charge on any atom is 0.0184 e. The Bertz CT molecular complexity index is 371. The first-order chi connectivity index (χ1) is 7.31. The number of hydrogen-bond acceptors (Lipinski definition) is 1. The van der Waals surface area contributed by atoms with Crippen molar-refractivity contribution in [2.75, 3.05) is 6.54 Å². The highest BCUT2D eigenvalue weighted by Crippen LogP contribution is 2.30. The third-order valence-corrected chi connectivity index (χ3v) is 4.36. The summed E-state index contributed by atoms with van der Waals surface area (Å²) in [5.41, 5.74) is 3.01. The highest BCUT2D eigenvalue weighted by Gasteiger charge is 2.10. The summed E-state index contributed by atoms with van der Waals surface area (Å²) < 4.78 is 3.42. The molecule has 1 aliphatic heterocycles. The van der Waals surface area contributed by atoms with Gasteiger partial charge >= 0.3 is 0 Å². The minimum atomic E-state index is 0.0209. The Hall–Kier alpha value is -0.600. The zero-order valence-corrected chi connectivity index (χ0v) is 10.2. The second-order valence-electron chi connectivity index (χ2n) is 4.08. The summed E-state index contributed by atoms with van der Waals surface area (Å²) in [6.07, 6.45) is 4.96. The van der Waals surface area contributed by atoms with E-state index in [1.54, 1.807) is 0 Å². The number of fused-ring (bicyclic) bond motifs is 1. The quantitative estimate of drug-likeness (QED) is 0.773. The first-order valence-corrected chi connectivity index (χ1v) is 7.10. The van der Waals surface area contributed by atoms with Gasteiger partial charge in [-0.1, -0.05) is 42.0 Å². The molecule has 1 aromatic carbocycles. The molecular formula is C13H19NS. The van der Waals surface area contributed by atoms with Crippen molar-refractivity contribution >= 4 is 16.5 Å². The highest BCUT2D eigenvalue weighted by molar-refractivity contribution is 8.12. The molecule has 1 nitrogen and oxygen atoms in total. The molecule has 0 radical (unpaired) electrons. The summed E-state index contributed by atoms with van der Waals surface area (Å²) >= 11 is 0. The van der Waals surface area contributed by atoms with Crippen LogP contribution in [0.2, 0.25) is 0 Å². The molecule has 2 heteroatoms. The molecule has 1 heterocycles. The zero-order chi connectivity index (χ0) is 10.7. The lowest BCUT2D eigenvalue weighted by Gasteiger charge is -2.20. The van der Waals surface area contributed by atoms with E-state index in [0.717, 1.165) is 13.0 Å². The van der Waals surface area contributed by atoms with Crippen molar-refractivity contribution in [2.45, 2.75) is 37.5 Å². The van der Waals surface area contributed by atoms with Gasteiger partial charge in [0.1, 0.15) is 0 Å². The topological polar surface area (TPSA) is 12.0 Å². The summed E-state index contributed by atoms with van der Waals surface area (Å²) in [7, 11) is 0.0209. The Morgan fingerprint density at radius 1 is 1.47 bits per heavy atom. The van der Waals surface area contributed by atoms with Gasteiger partial charge in [-0.25, -0.2) is 0 Å². The average molecular weight is 221 g/mol. The lowest BCUT2D eigenvalue weighted by atomic mass is 10.0. The zero-order valence-electron chi connectivity index (χ0n) is 9.38. The molecule has 0 aromatic heterocycles. The fourth-order valence-electron chi connectivity index (χ4n) is 1.99. The SMILES string of the molecule is C=S1NCCc2cc(CCCC)ccc21. The van der Waals surface area contributed by atoms with Gasteiger partial charge in [0.05, 0.1) is 0 Å². The smallest absolute Gasteiger partial charge is 0.0184 e. The number of unbranched alkanes of at least 4 members (excludes halogenated alkanes) is 1. The molecular weight excluding hydrogens is 202 g/mol. The van der Waals surface area contributed by atoms with Crippen LogP contribution in [0, 0.1) is 0 Å². The van der Waals surface area contributed by atoms with Crippen LogP contribution in [0.1, 0.15) is 30.9 Å². The Morgan fingerprint density at radius 2 is 2.33 bits per heavy atom. The molecule has 0 fully saturated rings. The van der Waals surface area contributed by atoms with Crippen LogP contribution in [0.15, 0.2) is 23.1 Å². The van der Waals surface area contributed by atoms with E-state index in [1.807, 2.05) is 0 Å². The molecule has 1 aromatic rings. The Kier molecular flexibility index (Phi) is 3.60. The summed E-state index contributed by atoms with van der Waals surface area (Å²) in [4.78, 5) is 1.42. The molecule has 0 amide bonds. The maximum absolute atomic E-state index is 4.15. The van der Waals surface area contributed by atoms with Gasteiger partial charge in [0.25, 0.3) is 0 Å². The molecule has 1 N–H and O–H groups in total.